The molecule has 0 bridgehead atoms. The number of aryl methyl sites for hydroxylation is 1. The van der Waals surface area contributed by atoms with Crippen LogP contribution in [-0.2, 0) is 6.42 Å². The van der Waals surface area contributed by atoms with Gasteiger partial charge in [0.2, 0.25) is 0 Å². The Hall–Kier alpha value is -0.0800. The average Bonchev–Trinajstić information content (AvgIpc) is 2.21. The van der Waals surface area contributed by atoms with Crippen molar-refractivity contribution in [2.75, 3.05) is 0 Å². The van der Waals surface area contributed by atoms with Crippen LogP contribution in [-0.4, -0.2) is 4.83 Å². The number of rotatable bonds is 5. The summed E-state index contributed by atoms with van der Waals surface area (Å²) in [6.07, 6.45) is 3.98. The van der Waals surface area contributed by atoms with E-state index in [0.717, 1.165) is 31.2 Å². The Kier molecular flexibility index (Phi) is 5.62. The van der Waals surface area contributed by atoms with Gasteiger partial charge in [0.1, 0.15) is 5.82 Å². The van der Waals surface area contributed by atoms with Crippen LogP contribution in [0.25, 0.3) is 0 Å². The fourth-order valence-electron chi connectivity index (χ4n) is 1.44. The molecule has 15 heavy (non-hydrogen) atoms. The van der Waals surface area contributed by atoms with Crippen molar-refractivity contribution in [3.05, 3.63) is 34.6 Å². The first kappa shape index (κ1) is 13.0. The van der Waals surface area contributed by atoms with Crippen molar-refractivity contribution >= 4 is 27.5 Å². The fourth-order valence-corrected chi connectivity index (χ4v) is 1.93. The van der Waals surface area contributed by atoms with Crippen molar-refractivity contribution in [1.29, 1.82) is 0 Å². The maximum Gasteiger partial charge on any atom is 0.127 e. The molecule has 1 unspecified atom stereocenters. The Morgan fingerprint density at radius 2 is 2.20 bits per heavy atom. The van der Waals surface area contributed by atoms with Crippen molar-refractivity contribution in [1.82, 2.24) is 0 Å². The first-order valence-corrected chi connectivity index (χ1v) is 6.51. The van der Waals surface area contributed by atoms with Crippen molar-refractivity contribution in [2.24, 2.45) is 0 Å². The minimum absolute atomic E-state index is 0.190. The van der Waals surface area contributed by atoms with E-state index in [9.17, 15) is 4.39 Å². The smallest absolute Gasteiger partial charge is 0.127 e. The molecule has 0 amide bonds. The van der Waals surface area contributed by atoms with Crippen LogP contribution in [0.3, 0.4) is 0 Å². The highest BCUT2D eigenvalue weighted by Gasteiger charge is 2.05. The first-order valence-electron chi connectivity index (χ1n) is 5.21. The summed E-state index contributed by atoms with van der Waals surface area (Å²) in [7, 11) is 0. The van der Waals surface area contributed by atoms with Gasteiger partial charge in [-0.25, -0.2) is 4.39 Å². The summed E-state index contributed by atoms with van der Waals surface area (Å²) in [5, 5.41) is 0.461. The Balaban J connectivity index is 2.44. The molecule has 0 aliphatic rings. The number of hydrogen-bond donors (Lipinski definition) is 0. The monoisotopic (exact) mass is 292 g/mol. The minimum Gasteiger partial charge on any atom is -0.207 e. The predicted molar refractivity (Wildman–Crippen MR) is 67.4 cm³/mol. The second kappa shape index (κ2) is 6.49. The topological polar surface area (TPSA) is 0 Å². The van der Waals surface area contributed by atoms with Crippen LogP contribution in [0.15, 0.2) is 18.2 Å². The third kappa shape index (κ3) is 4.52. The van der Waals surface area contributed by atoms with Gasteiger partial charge in [-0.1, -0.05) is 40.5 Å². The van der Waals surface area contributed by atoms with E-state index in [0.29, 0.717) is 9.85 Å². The summed E-state index contributed by atoms with van der Waals surface area (Å²) in [5.41, 5.74) is 0.759. The highest BCUT2D eigenvalue weighted by molar-refractivity contribution is 9.09. The molecular weight excluding hydrogens is 278 g/mol. The van der Waals surface area contributed by atoms with Crippen LogP contribution in [0.2, 0.25) is 5.02 Å². The molecule has 84 valence electrons. The molecule has 0 fully saturated rings. The Bertz CT molecular complexity index is 314. The van der Waals surface area contributed by atoms with E-state index in [1.165, 1.54) is 6.07 Å². The summed E-state index contributed by atoms with van der Waals surface area (Å²) >= 11 is 9.24. The van der Waals surface area contributed by atoms with E-state index in [2.05, 4.69) is 22.9 Å². The molecule has 0 N–H and O–H groups in total. The van der Waals surface area contributed by atoms with Crippen molar-refractivity contribution in [2.45, 2.75) is 37.4 Å². The molecule has 3 heteroatoms. The molecule has 0 heterocycles. The second-order valence-corrected chi connectivity index (χ2v) is 5.36. The molecular formula is C12H15BrClF. The molecule has 1 rings (SSSR count). The van der Waals surface area contributed by atoms with Crippen LogP contribution >= 0.6 is 27.5 Å². The van der Waals surface area contributed by atoms with Crippen LogP contribution in [0.5, 0.6) is 0 Å². The Labute approximate surface area is 104 Å². The molecule has 0 saturated carbocycles. The molecule has 0 saturated heterocycles. The van der Waals surface area contributed by atoms with Gasteiger partial charge in [-0.05, 0) is 43.4 Å². The zero-order valence-corrected chi connectivity index (χ0v) is 11.1. The first-order chi connectivity index (χ1) is 7.13. The predicted octanol–water partition coefficient (Wildman–Crippen LogP) is 4.98. The van der Waals surface area contributed by atoms with Crippen LogP contribution < -0.4 is 0 Å². The summed E-state index contributed by atoms with van der Waals surface area (Å²) < 4.78 is 13.4. The molecule has 0 aliphatic heterocycles. The van der Waals surface area contributed by atoms with Gasteiger partial charge in [-0.15, -0.1) is 0 Å². The van der Waals surface area contributed by atoms with E-state index in [1.807, 2.05) is 0 Å². The van der Waals surface area contributed by atoms with E-state index < -0.39 is 0 Å². The summed E-state index contributed by atoms with van der Waals surface area (Å²) in [4.78, 5) is 0.549. The lowest BCUT2D eigenvalue weighted by Gasteiger charge is -2.07. The van der Waals surface area contributed by atoms with E-state index in [1.54, 1.807) is 12.1 Å². The van der Waals surface area contributed by atoms with Crippen molar-refractivity contribution in [3.63, 3.8) is 0 Å². The van der Waals surface area contributed by atoms with Gasteiger partial charge in [0.05, 0.1) is 0 Å². The molecule has 1 aromatic carbocycles. The van der Waals surface area contributed by atoms with Gasteiger partial charge in [-0.3, -0.25) is 0 Å². The number of alkyl halides is 1. The van der Waals surface area contributed by atoms with Gasteiger partial charge in [-0.2, -0.15) is 0 Å². The van der Waals surface area contributed by atoms with Gasteiger partial charge in [0.25, 0.3) is 0 Å². The molecule has 0 spiro atoms. The zero-order chi connectivity index (χ0) is 11.3. The Morgan fingerprint density at radius 1 is 1.47 bits per heavy atom. The minimum atomic E-state index is -0.190. The van der Waals surface area contributed by atoms with Crippen LogP contribution in [0.1, 0.15) is 31.7 Å². The van der Waals surface area contributed by atoms with Crippen molar-refractivity contribution < 1.29 is 4.39 Å². The highest BCUT2D eigenvalue weighted by Crippen LogP contribution is 2.18. The second-order valence-electron chi connectivity index (χ2n) is 3.63. The van der Waals surface area contributed by atoms with Crippen molar-refractivity contribution in [3.8, 4) is 0 Å². The van der Waals surface area contributed by atoms with Gasteiger partial charge < -0.3 is 0 Å². The quantitative estimate of drug-likeness (QED) is 0.672. The largest absolute Gasteiger partial charge is 0.207 e. The Morgan fingerprint density at radius 3 is 2.80 bits per heavy atom. The molecule has 0 aromatic heterocycles. The standard InChI is InChI=1S/C12H15BrClF/c1-2-10(13)5-3-4-9-6-7-11(14)8-12(9)15/h6-8,10H,2-5H2,1H3. The lowest BCUT2D eigenvalue weighted by atomic mass is 10.1. The summed E-state index contributed by atoms with van der Waals surface area (Å²) in [5.74, 6) is -0.190. The molecule has 0 aliphatic carbocycles. The molecule has 1 aromatic rings. The number of halogens is 3. The number of benzene rings is 1. The van der Waals surface area contributed by atoms with Gasteiger partial charge in [0, 0.05) is 9.85 Å². The SMILES string of the molecule is CCC(Br)CCCc1ccc(Cl)cc1F. The van der Waals surface area contributed by atoms with Gasteiger partial charge in [0.15, 0.2) is 0 Å². The number of hydrogen-bond acceptors (Lipinski definition) is 0. The van der Waals surface area contributed by atoms with Crippen LogP contribution in [0.4, 0.5) is 4.39 Å². The lowest BCUT2D eigenvalue weighted by Crippen LogP contribution is -1.97. The maximum absolute atomic E-state index is 13.4. The summed E-state index contributed by atoms with van der Waals surface area (Å²) in [6, 6.07) is 4.89. The normalized spacial score (nSPS) is 12.8. The third-order valence-electron chi connectivity index (χ3n) is 2.42. The molecule has 0 radical (unpaired) electrons. The highest BCUT2D eigenvalue weighted by atomic mass is 79.9. The summed E-state index contributed by atoms with van der Waals surface area (Å²) in [6.45, 7) is 2.14. The van der Waals surface area contributed by atoms with Gasteiger partial charge >= 0.3 is 0 Å². The van der Waals surface area contributed by atoms with E-state index in [4.69, 9.17) is 11.6 Å². The fraction of sp³-hybridized carbons (Fsp3) is 0.500. The van der Waals surface area contributed by atoms with E-state index >= 15 is 0 Å². The van der Waals surface area contributed by atoms with Crippen LogP contribution in [0, 0.1) is 5.82 Å². The average molecular weight is 294 g/mol. The van der Waals surface area contributed by atoms with E-state index in [-0.39, 0.29) is 5.82 Å². The third-order valence-corrected chi connectivity index (χ3v) is 3.76. The molecule has 0 nitrogen and oxygen atoms in total. The zero-order valence-electron chi connectivity index (χ0n) is 8.77. The molecule has 1 atom stereocenters. The maximum atomic E-state index is 13.4. The lowest BCUT2D eigenvalue weighted by molar-refractivity contribution is 0.597.